The number of aliphatic carboxylic acids is 1. The molecule has 0 fully saturated rings. The fourth-order valence-electron chi connectivity index (χ4n) is 2.34. The highest BCUT2D eigenvalue weighted by Gasteiger charge is 2.08. The Bertz CT molecular complexity index is 676. The third-order valence-electron chi connectivity index (χ3n) is 3.54. The van der Waals surface area contributed by atoms with Gasteiger partial charge in [-0.05, 0) is 32.5 Å². The van der Waals surface area contributed by atoms with Crippen molar-refractivity contribution in [2.75, 3.05) is 26.7 Å². The molecular formula is C17H23ClN4O3. The molecular weight excluding hydrogens is 344 g/mol. The molecule has 0 spiro atoms. The number of hydrogen-bond donors (Lipinski definition) is 3. The first kappa shape index (κ1) is 20.7. The number of likely N-dealkylation sites (N-methyl/N-ethyl adjacent to an activating group) is 1. The van der Waals surface area contributed by atoms with E-state index < -0.39 is 5.97 Å². The van der Waals surface area contributed by atoms with Crippen LogP contribution in [-0.4, -0.2) is 58.8 Å². The van der Waals surface area contributed by atoms with Crippen molar-refractivity contribution < 1.29 is 14.7 Å². The van der Waals surface area contributed by atoms with Gasteiger partial charge >= 0.3 is 5.97 Å². The largest absolute Gasteiger partial charge is 0.480 e. The van der Waals surface area contributed by atoms with Crippen LogP contribution in [0.15, 0.2) is 36.4 Å². The summed E-state index contributed by atoms with van der Waals surface area (Å²) in [6.07, 6.45) is 1.71. The number of hydrogen-bond acceptors (Lipinski definition) is 4. The lowest BCUT2D eigenvalue weighted by atomic mass is 10.1. The molecule has 1 aromatic carbocycles. The summed E-state index contributed by atoms with van der Waals surface area (Å²) in [6, 6.07) is 12.0. The van der Waals surface area contributed by atoms with Crippen molar-refractivity contribution in [3.63, 3.8) is 0 Å². The maximum Gasteiger partial charge on any atom is 0.322 e. The summed E-state index contributed by atoms with van der Waals surface area (Å²) < 4.78 is 0. The smallest absolute Gasteiger partial charge is 0.322 e. The van der Waals surface area contributed by atoms with E-state index in [1.807, 2.05) is 48.3 Å². The summed E-state index contributed by atoms with van der Waals surface area (Å²) in [5.74, 6) is -1.33. The van der Waals surface area contributed by atoms with Crippen LogP contribution in [0.1, 0.15) is 12.1 Å². The van der Waals surface area contributed by atoms with Crippen LogP contribution in [0.5, 0.6) is 0 Å². The van der Waals surface area contributed by atoms with Crippen molar-refractivity contribution in [3.8, 4) is 11.3 Å². The second kappa shape index (κ2) is 10.5. The van der Waals surface area contributed by atoms with E-state index in [1.54, 1.807) is 0 Å². The number of halogens is 1. The van der Waals surface area contributed by atoms with Gasteiger partial charge in [-0.3, -0.25) is 19.6 Å². The van der Waals surface area contributed by atoms with Crippen molar-refractivity contribution in [2.45, 2.75) is 12.8 Å². The first-order valence-corrected chi connectivity index (χ1v) is 7.81. The Morgan fingerprint density at radius 1 is 1.28 bits per heavy atom. The molecule has 0 atom stereocenters. The summed E-state index contributed by atoms with van der Waals surface area (Å²) in [5.41, 5.74) is 3.05. The van der Waals surface area contributed by atoms with Crippen LogP contribution in [0.25, 0.3) is 11.3 Å². The third-order valence-corrected chi connectivity index (χ3v) is 3.54. The molecule has 1 aromatic heterocycles. The van der Waals surface area contributed by atoms with Crippen LogP contribution in [0.3, 0.4) is 0 Å². The van der Waals surface area contributed by atoms with Gasteiger partial charge in [-0.1, -0.05) is 30.3 Å². The highest BCUT2D eigenvalue weighted by molar-refractivity contribution is 5.85. The van der Waals surface area contributed by atoms with E-state index in [-0.39, 0.29) is 31.4 Å². The molecule has 0 saturated heterocycles. The number of carboxylic acid groups (broad SMARTS) is 1. The zero-order valence-electron chi connectivity index (χ0n) is 14.1. The molecule has 0 saturated carbocycles. The predicted octanol–water partition coefficient (Wildman–Crippen LogP) is 1.56. The number of carbonyl (C=O) groups is 2. The number of H-pyrrole nitrogens is 1. The summed E-state index contributed by atoms with van der Waals surface area (Å²) in [7, 11) is 1.84. The normalized spacial score (nSPS) is 10.3. The molecule has 0 unspecified atom stereocenters. The Morgan fingerprint density at radius 2 is 2.00 bits per heavy atom. The highest BCUT2D eigenvalue weighted by Crippen LogP contribution is 2.17. The Hall–Kier alpha value is -2.38. The first-order valence-electron chi connectivity index (χ1n) is 7.81. The van der Waals surface area contributed by atoms with Gasteiger partial charge < -0.3 is 10.4 Å². The standard InChI is InChI=1S/C17H22N4O3.ClH/c1-21(12-16(22)18-11-17(23)24)9-5-8-14-10-15(20-19-14)13-6-3-2-4-7-13;/h2-4,6-7,10H,5,8-9,11-12H2,1H3,(H,18,22)(H,19,20)(H,23,24);1H. The van der Waals surface area contributed by atoms with E-state index in [0.29, 0.717) is 0 Å². The fourth-order valence-corrected chi connectivity index (χ4v) is 2.34. The minimum atomic E-state index is -1.04. The number of aromatic amines is 1. The van der Waals surface area contributed by atoms with Crippen LogP contribution >= 0.6 is 12.4 Å². The van der Waals surface area contributed by atoms with Crippen LogP contribution < -0.4 is 5.32 Å². The third kappa shape index (κ3) is 7.36. The van der Waals surface area contributed by atoms with E-state index >= 15 is 0 Å². The topological polar surface area (TPSA) is 98.3 Å². The van der Waals surface area contributed by atoms with Gasteiger partial charge in [0.2, 0.25) is 5.91 Å². The maximum atomic E-state index is 11.5. The molecule has 7 nitrogen and oxygen atoms in total. The molecule has 0 aliphatic heterocycles. The Morgan fingerprint density at radius 3 is 2.68 bits per heavy atom. The van der Waals surface area contributed by atoms with Gasteiger partial charge in [0.1, 0.15) is 6.54 Å². The van der Waals surface area contributed by atoms with E-state index in [9.17, 15) is 9.59 Å². The molecule has 1 amide bonds. The van der Waals surface area contributed by atoms with Gasteiger partial charge in [0.05, 0.1) is 12.2 Å². The Labute approximate surface area is 152 Å². The van der Waals surface area contributed by atoms with E-state index in [2.05, 4.69) is 15.5 Å². The van der Waals surface area contributed by atoms with Crippen molar-refractivity contribution >= 4 is 24.3 Å². The molecule has 2 aromatic rings. The van der Waals surface area contributed by atoms with Gasteiger partial charge in [-0.15, -0.1) is 12.4 Å². The number of amides is 1. The molecule has 0 bridgehead atoms. The Balaban J connectivity index is 0.00000312. The molecule has 25 heavy (non-hydrogen) atoms. The summed E-state index contributed by atoms with van der Waals surface area (Å²) >= 11 is 0. The maximum absolute atomic E-state index is 11.5. The molecule has 3 N–H and O–H groups in total. The van der Waals surface area contributed by atoms with Crippen molar-refractivity contribution in [1.82, 2.24) is 20.4 Å². The first-order chi connectivity index (χ1) is 11.5. The molecule has 8 heteroatoms. The number of nitrogens with zero attached hydrogens (tertiary/aromatic N) is 2. The molecule has 0 aliphatic rings. The van der Waals surface area contributed by atoms with Crippen molar-refractivity contribution in [3.05, 3.63) is 42.1 Å². The number of rotatable bonds is 9. The number of benzene rings is 1. The van der Waals surface area contributed by atoms with Gasteiger partial charge in [-0.25, -0.2) is 0 Å². The second-order valence-corrected chi connectivity index (χ2v) is 5.66. The van der Waals surface area contributed by atoms with Crippen LogP contribution in [0, 0.1) is 0 Å². The predicted molar refractivity (Wildman–Crippen MR) is 97.7 cm³/mol. The van der Waals surface area contributed by atoms with Crippen molar-refractivity contribution in [2.24, 2.45) is 0 Å². The zero-order valence-corrected chi connectivity index (χ0v) is 14.9. The average molecular weight is 367 g/mol. The monoisotopic (exact) mass is 366 g/mol. The summed E-state index contributed by atoms with van der Waals surface area (Å²) in [4.78, 5) is 23.8. The number of carbonyl (C=O) groups excluding carboxylic acids is 1. The molecule has 1 heterocycles. The minimum absolute atomic E-state index is 0. The summed E-state index contributed by atoms with van der Waals surface area (Å²) in [6.45, 7) is 0.578. The SMILES string of the molecule is CN(CCCc1cc(-c2ccccc2)n[nH]1)CC(=O)NCC(=O)O.Cl. The quantitative estimate of drug-likeness (QED) is 0.625. The van der Waals surface area contributed by atoms with Crippen LogP contribution in [-0.2, 0) is 16.0 Å². The lowest BCUT2D eigenvalue weighted by Crippen LogP contribution is -2.38. The molecule has 2 rings (SSSR count). The van der Waals surface area contributed by atoms with Crippen molar-refractivity contribution in [1.29, 1.82) is 0 Å². The van der Waals surface area contributed by atoms with E-state index in [1.165, 1.54) is 0 Å². The number of aryl methyl sites for hydroxylation is 1. The van der Waals surface area contributed by atoms with Gasteiger partial charge in [-0.2, -0.15) is 5.10 Å². The molecule has 0 radical (unpaired) electrons. The fraction of sp³-hybridized carbons (Fsp3) is 0.353. The van der Waals surface area contributed by atoms with Gasteiger partial charge in [0.25, 0.3) is 0 Å². The number of nitrogens with one attached hydrogen (secondary N) is 2. The van der Waals surface area contributed by atoms with Crippen LogP contribution in [0.2, 0.25) is 0 Å². The average Bonchev–Trinajstić information content (AvgIpc) is 3.02. The molecule has 0 aliphatic carbocycles. The number of aromatic nitrogens is 2. The van der Waals surface area contributed by atoms with Crippen LogP contribution in [0.4, 0.5) is 0 Å². The van der Waals surface area contributed by atoms with E-state index in [4.69, 9.17) is 5.11 Å². The lowest BCUT2D eigenvalue weighted by molar-refractivity contribution is -0.138. The zero-order chi connectivity index (χ0) is 17.4. The van der Waals surface area contributed by atoms with Gasteiger partial charge in [0.15, 0.2) is 0 Å². The Kier molecular flexibility index (Phi) is 8.66. The minimum Gasteiger partial charge on any atom is -0.480 e. The van der Waals surface area contributed by atoms with E-state index in [0.717, 1.165) is 36.3 Å². The lowest BCUT2D eigenvalue weighted by Gasteiger charge is -2.15. The highest BCUT2D eigenvalue weighted by atomic mass is 35.5. The molecule has 136 valence electrons. The van der Waals surface area contributed by atoms with Gasteiger partial charge in [0, 0.05) is 11.3 Å². The number of carboxylic acids is 1. The summed E-state index contributed by atoms with van der Waals surface area (Å²) in [5, 5.41) is 18.2. The second-order valence-electron chi connectivity index (χ2n) is 5.66.